The number of hydrogen-bond donors (Lipinski definition) is 2. The van der Waals surface area contributed by atoms with E-state index in [0.29, 0.717) is 11.1 Å². The first-order valence-corrected chi connectivity index (χ1v) is 6.12. The Kier molecular flexibility index (Phi) is 3.12. The molecule has 1 amide bonds. The Morgan fingerprint density at radius 3 is 2.67 bits per heavy atom. The SMILES string of the molecule is O=C(Nc1ccncc1)c1cc2ccc(O)cc2oc1=O. The molecule has 6 nitrogen and oxygen atoms in total. The third-order valence-corrected chi connectivity index (χ3v) is 2.90. The van der Waals surface area contributed by atoms with Crippen LogP contribution in [0.25, 0.3) is 11.0 Å². The summed E-state index contributed by atoms with van der Waals surface area (Å²) in [5.41, 5.74) is -0.120. The van der Waals surface area contributed by atoms with Crippen LogP contribution in [0, 0.1) is 0 Å². The molecule has 3 rings (SSSR count). The van der Waals surface area contributed by atoms with E-state index >= 15 is 0 Å². The maximum absolute atomic E-state index is 12.1. The number of phenolic OH excluding ortho intramolecular Hbond substituents is 1. The van der Waals surface area contributed by atoms with E-state index in [1.54, 1.807) is 18.2 Å². The lowest BCUT2D eigenvalue weighted by Crippen LogP contribution is -2.20. The summed E-state index contributed by atoms with van der Waals surface area (Å²) in [6.07, 6.45) is 3.06. The average molecular weight is 282 g/mol. The van der Waals surface area contributed by atoms with Gasteiger partial charge in [-0.2, -0.15) is 0 Å². The van der Waals surface area contributed by atoms with Crippen molar-refractivity contribution in [3.63, 3.8) is 0 Å². The zero-order valence-electron chi connectivity index (χ0n) is 10.7. The third kappa shape index (κ3) is 2.59. The maximum atomic E-state index is 12.1. The largest absolute Gasteiger partial charge is 0.508 e. The molecule has 104 valence electrons. The standard InChI is InChI=1S/C15H10N2O4/c18-11-2-1-9-7-12(15(20)21-13(9)8-11)14(19)17-10-3-5-16-6-4-10/h1-8,18H,(H,16,17,19). The summed E-state index contributed by atoms with van der Waals surface area (Å²) in [7, 11) is 0. The number of aromatic nitrogens is 1. The minimum Gasteiger partial charge on any atom is -0.508 e. The predicted molar refractivity (Wildman–Crippen MR) is 76.3 cm³/mol. The van der Waals surface area contributed by atoms with Crippen LogP contribution >= 0.6 is 0 Å². The lowest BCUT2D eigenvalue weighted by atomic mass is 10.1. The smallest absolute Gasteiger partial charge is 0.349 e. The Bertz CT molecular complexity index is 872. The van der Waals surface area contributed by atoms with Gasteiger partial charge >= 0.3 is 5.63 Å². The summed E-state index contributed by atoms with van der Waals surface area (Å²) in [4.78, 5) is 27.8. The number of aromatic hydroxyl groups is 1. The summed E-state index contributed by atoms with van der Waals surface area (Å²) in [6, 6.07) is 8.99. The second-order valence-electron chi connectivity index (χ2n) is 4.36. The Morgan fingerprint density at radius 1 is 1.14 bits per heavy atom. The van der Waals surface area contributed by atoms with Crippen molar-refractivity contribution in [2.24, 2.45) is 0 Å². The molecule has 2 N–H and O–H groups in total. The van der Waals surface area contributed by atoms with Gasteiger partial charge in [0.1, 0.15) is 16.9 Å². The molecule has 0 radical (unpaired) electrons. The van der Waals surface area contributed by atoms with Crippen LogP contribution in [0.5, 0.6) is 5.75 Å². The van der Waals surface area contributed by atoms with Gasteiger partial charge in [-0.1, -0.05) is 0 Å². The van der Waals surface area contributed by atoms with E-state index in [0.717, 1.165) is 0 Å². The average Bonchev–Trinajstić information content (AvgIpc) is 2.47. The molecule has 1 aromatic carbocycles. The summed E-state index contributed by atoms with van der Waals surface area (Å²) in [6.45, 7) is 0. The first-order valence-electron chi connectivity index (χ1n) is 6.12. The maximum Gasteiger partial charge on any atom is 0.349 e. The van der Waals surface area contributed by atoms with E-state index in [2.05, 4.69) is 10.3 Å². The molecule has 2 heterocycles. The number of anilines is 1. The molecule has 0 aliphatic carbocycles. The van der Waals surface area contributed by atoms with Gasteiger partial charge in [-0.25, -0.2) is 4.79 Å². The lowest BCUT2D eigenvalue weighted by molar-refractivity contribution is 0.102. The normalized spacial score (nSPS) is 10.5. The summed E-state index contributed by atoms with van der Waals surface area (Å²) in [5.74, 6) is -0.579. The number of carbonyl (C=O) groups is 1. The van der Waals surface area contributed by atoms with Crippen molar-refractivity contribution in [3.8, 4) is 5.75 Å². The van der Waals surface area contributed by atoms with Crippen molar-refractivity contribution in [2.45, 2.75) is 0 Å². The van der Waals surface area contributed by atoms with Crippen LogP contribution in [-0.4, -0.2) is 16.0 Å². The van der Waals surface area contributed by atoms with Gasteiger partial charge in [0.15, 0.2) is 0 Å². The molecule has 2 aromatic heterocycles. The summed E-state index contributed by atoms with van der Waals surface area (Å²) in [5, 5.41) is 12.5. The Labute approximate surface area is 118 Å². The van der Waals surface area contributed by atoms with E-state index < -0.39 is 11.5 Å². The van der Waals surface area contributed by atoms with Gasteiger partial charge in [0.25, 0.3) is 5.91 Å². The zero-order chi connectivity index (χ0) is 14.8. The van der Waals surface area contributed by atoms with Gasteiger partial charge in [0, 0.05) is 29.5 Å². The number of amides is 1. The highest BCUT2D eigenvalue weighted by Crippen LogP contribution is 2.19. The van der Waals surface area contributed by atoms with Gasteiger partial charge in [0.05, 0.1) is 0 Å². The minimum atomic E-state index is -0.764. The molecular weight excluding hydrogens is 272 g/mol. The van der Waals surface area contributed by atoms with Crippen molar-refractivity contribution in [1.82, 2.24) is 4.98 Å². The second-order valence-corrected chi connectivity index (χ2v) is 4.36. The Hall–Kier alpha value is -3.15. The summed E-state index contributed by atoms with van der Waals surface area (Å²) >= 11 is 0. The number of rotatable bonds is 2. The number of benzene rings is 1. The number of pyridine rings is 1. The van der Waals surface area contributed by atoms with E-state index in [9.17, 15) is 14.7 Å². The van der Waals surface area contributed by atoms with Crippen LogP contribution in [0.2, 0.25) is 0 Å². The molecule has 0 bridgehead atoms. The van der Waals surface area contributed by atoms with Crippen LogP contribution in [0.15, 0.2) is 58.0 Å². The number of nitrogens with one attached hydrogen (secondary N) is 1. The van der Waals surface area contributed by atoms with Crippen molar-refractivity contribution in [1.29, 1.82) is 0 Å². The molecule has 6 heteroatoms. The van der Waals surface area contributed by atoms with Crippen LogP contribution in [0.4, 0.5) is 5.69 Å². The molecular formula is C15H10N2O4. The fourth-order valence-electron chi connectivity index (χ4n) is 1.89. The monoisotopic (exact) mass is 282 g/mol. The van der Waals surface area contributed by atoms with Crippen molar-refractivity contribution in [3.05, 3.63) is 64.8 Å². The topological polar surface area (TPSA) is 92.4 Å². The molecule has 0 aliphatic rings. The van der Waals surface area contributed by atoms with Crippen LogP contribution in [-0.2, 0) is 0 Å². The van der Waals surface area contributed by atoms with Gasteiger partial charge in [-0.15, -0.1) is 0 Å². The highest BCUT2D eigenvalue weighted by atomic mass is 16.4. The van der Waals surface area contributed by atoms with Crippen molar-refractivity contribution >= 4 is 22.6 Å². The highest BCUT2D eigenvalue weighted by Gasteiger charge is 2.14. The highest BCUT2D eigenvalue weighted by molar-refractivity contribution is 6.05. The first-order chi connectivity index (χ1) is 10.1. The van der Waals surface area contributed by atoms with Crippen LogP contribution in [0.3, 0.4) is 0 Å². The number of hydrogen-bond acceptors (Lipinski definition) is 5. The fraction of sp³-hybridized carbons (Fsp3) is 0. The first kappa shape index (κ1) is 12.9. The van der Waals surface area contributed by atoms with Crippen molar-refractivity contribution in [2.75, 3.05) is 5.32 Å². The number of fused-ring (bicyclic) bond motifs is 1. The van der Waals surface area contributed by atoms with Gasteiger partial charge in [0.2, 0.25) is 0 Å². The Balaban J connectivity index is 2.00. The van der Waals surface area contributed by atoms with Crippen LogP contribution < -0.4 is 10.9 Å². The van der Waals surface area contributed by atoms with E-state index in [1.807, 2.05) is 0 Å². The number of nitrogens with zero attached hydrogens (tertiary/aromatic N) is 1. The minimum absolute atomic E-state index is 0.0142. The quantitative estimate of drug-likeness (QED) is 0.702. The van der Waals surface area contributed by atoms with Gasteiger partial charge < -0.3 is 14.8 Å². The van der Waals surface area contributed by atoms with E-state index in [4.69, 9.17) is 4.42 Å². The predicted octanol–water partition coefficient (Wildman–Crippen LogP) is 2.15. The molecule has 3 aromatic rings. The van der Waals surface area contributed by atoms with Crippen molar-refractivity contribution < 1.29 is 14.3 Å². The van der Waals surface area contributed by atoms with E-state index in [-0.39, 0.29) is 16.9 Å². The zero-order valence-corrected chi connectivity index (χ0v) is 10.7. The molecule has 21 heavy (non-hydrogen) atoms. The second kappa shape index (κ2) is 5.09. The van der Waals surface area contributed by atoms with Gasteiger partial charge in [-0.05, 0) is 30.3 Å². The fourth-order valence-corrected chi connectivity index (χ4v) is 1.89. The number of carbonyl (C=O) groups excluding carboxylic acids is 1. The summed E-state index contributed by atoms with van der Waals surface area (Å²) < 4.78 is 5.04. The third-order valence-electron chi connectivity index (χ3n) is 2.90. The van der Waals surface area contributed by atoms with Gasteiger partial charge in [-0.3, -0.25) is 9.78 Å². The molecule has 0 aliphatic heterocycles. The lowest BCUT2D eigenvalue weighted by Gasteiger charge is -2.05. The molecule has 0 spiro atoms. The van der Waals surface area contributed by atoms with Crippen LogP contribution in [0.1, 0.15) is 10.4 Å². The molecule has 0 atom stereocenters. The Morgan fingerprint density at radius 2 is 1.90 bits per heavy atom. The molecule has 0 saturated heterocycles. The number of phenols is 1. The van der Waals surface area contributed by atoms with E-state index in [1.165, 1.54) is 30.6 Å². The molecule has 0 fully saturated rings. The molecule has 0 saturated carbocycles. The molecule has 0 unspecified atom stereocenters.